The normalized spacial score (nSPS) is 8.36. The monoisotopic (exact) mass is 148 g/mol. The zero-order valence-corrected chi connectivity index (χ0v) is 5.52. The van der Waals surface area contributed by atoms with Gasteiger partial charge in [-0.25, -0.2) is 4.79 Å². The van der Waals surface area contributed by atoms with Crippen LogP contribution in [0, 0.1) is 0 Å². The molecule has 1 amide bonds. The Morgan fingerprint density at radius 1 is 1.45 bits per heavy atom. The quantitative estimate of drug-likeness (QED) is 0.431. The summed E-state index contributed by atoms with van der Waals surface area (Å²) >= 11 is 0. The predicted octanol–water partition coefficient (Wildman–Crippen LogP) is 0.558. The zero-order chi connectivity index (χ0) is 8.10. The van der Waals surface area contributed by atoms with Crippen LogP contribution in [-0.2, 0) is 4.79 Å². The molecule has 1 rings (SSSR count). The van der Waals surface area contributed by atoms with Gasteiger partial charge in [0.2, 0.25) is 6.08 Å². The van der Waals surface area contributed by atoms with Gasteiger partial charge < -0.3 is 0 Å². The number of isocyanates is 1. The SMILES string of the molecule is O=C=NC(=O)c1ccncc1. The number of pyridine rings is 1. The van der Waals surface area contributed by atoms with Crippen LogP contribution in [0.2, 0.25) is 0 Å². The maximum atomic E-state index is 10.8. The van der Waals surface area contributed by atoms with Crippen LogP contribution in [0.3, 0.4) is 0 Å². The van der Waals surface area contributed by atoms with Crippen molar-refractivity contribution in [3.05, 3.63) is 30.1 Å². The standard InChI is InChI=1S/C7H4N2O2/c10-5-9-7(11)6-1-3-8-4-2-6/h1-4H. The van der Waals surface area contributed by atoms with Crippen molar-refractivity contribution in [1.29, 1.82) is 0 Å². The molecule has 0 saturated carbocycles. The van der Waals surface area contributed by atoms with Crippen molar-refractivity contribution in [2.24, 2.45) is 4.99 Å². The summed E-state index contributed by atoms with van der Waals surface area (Å²) in [5.74, 6) is -0.595. The van der Waals surface area contributed by atoms with E-state index in [1.165, 1.54) is 30.6 Å². The average molecular weight is 148 g/mol. The molecule has 0 aliphatic carbocycles. The van der Waals surface area contributed by atoms with E-state index >= 15 is 0 Å². The third kappa shape index (κ3) is 1.81. The number of nitrogens with zero attached hydrogens (tertiary/aromatic N) is 2. The van der Waals surface area contributed by atoms with Gasteiger partial charge in [0, 0.05) is 18.0 Å². The average Bonchev–Trinajstić information content (AvgIpc) is 2.07. The fourth-order valence-electron chi connectivity index (χ4n) is 0.600. The molecule has 0 atom stereocenters. The summed E-state index contributed by atoms with van der Waals surface area (Å²) in [5, 5.41) is 0. The lowest BCUT2D eigenvalue weighted by Gasteiger charge is -1.88. The fourth-order valence-corrected chi connectivity index (χ4v) is 0.600. The minimum Gasteiger partial charge on any atom is -0.266 e. The molecule has 0 radical (unpaired) electrons. The molecule has 54 valence electrons. The van der Waals surface area contributed by atoms with E-state index < -0.39 is 5.91 Å². The van der Waals surface area contributed by atoms with E-state index in [0.717, 1.165) is 0 Å². The number of hydrogen-bond donors (Lipinski definition) is 0. The number of rotatable bonds is 1. The number of hydrogen-bond acceptors (Lipinski definition) is 3. The maximum Gasteiger partial charge on any atom is 0.287 e. The molecule has 0 N–H and O–H groups in total. The van der Waals surface area contributed by atoms with Crippen molar-refractivity contribution in [2.75, 3.05) is 0 Å². The van der Waals surface area contributed by atoms with Gasteiger partial charge in [-0.1, -0.05) is 0 Å². The number of carbonyl (C=O) groups is 1. The highest BCUT2D eigenvalue weighted by Gasteiger charge is 2.00. The van der Waals surface area contributed by atoms with E-state index in [-0.39, 0.29) is 0 Å². The van der Waals surface area contributed by atoms with Crippen molar-refractivity contribution in [3.63, 3.8) is 0 Å². The van der Waals surface area contributed by atoms with Gasteiger partial charge in [-0.2, -0.15) is 0 Å². The van der Waals surface area contributed by atoms with E-state index in [1.807, 2.05) is 0 Å². The number of aliphatic imine (C=N–C) groups is 1. The topological polar surface area (TPSA) is 59.4 Å². The van der Waals surface area contributed by atoms with Crippen LogP contribution >= 0.6 is 0 Å². The lowest BCUT2D eigenvalue weighted by Crippen LogP contribution is -1.93. The van der Waals surface area contributed by atoms with Crippen molar-refractivity contribution in [3.8, 4) is 0 Å². The van der Waals surface area contributed by atoms with Gasteiger partial charge >= 0.3 is 0 Å². The Balaban J connectivity index is 2.94. The molecular weight excluding hydrogens is 144 g/mol. The Bertz CT molecular complexity index is 301. The minimum atomic E-state index is -0.595. The molecule has 4 nitrogen and oxygen atoms in total. The Morgan fingerprint density at radius 2 is 2.09 bits per heavy atom. The molecule has 0 aliphatic rings. The highest BCUT2D eigenvalue weighted by atomic mass is 16.2. The summed E-state index contributed by atoms with van der Waals surface area (Å²) in [5.41, 5.74) is 0.336. The van der Waals surface area contributed by atoms with Crippen molar-refractivity contribution < 1.29 is 9.59 Å². The Labute approximate surface area is 62.6 Å². The molecule has 4 heteroatoms. The Morgan fingerprint density at radius 3 is 2.64 bits per heavy atom. The minimum absolute atomic E-state index is 0.336. The van der Waals surface area contributed by atoms with E-state index in [4.69, 9.17) is 0 Å². The molecule has 1 aromatic rings. The summed E-state index contributed by atoms with van der Waals surface area (Å²) in [7, 11) is 0. The third-order valence-corrected chi connectivity index (χ3v) is 1.07. The molecule has 0 bridgehead atoms. The molecule has 0 aliphatic heterocycles. The summed E-state index contributed by atoms with van der Waals surface area (Å²) in [6.07, 6.45) is 4.07. The fraction of sp³-hybridized carbons (Fsp3) is 0. The summed E-state index contributed by atoms with van der Waals surface area (Å²) < 4.78 is 0. The molecule has 0 aromatic carbocycles. The van der Waals surface area contributed by atoms with Gasteiger partial charge in [-0.05, 0) is 12.1 Å². The first-order valence-corrected chi connectivity index (χ1v) is 2.87. The van der Waals surface area contributed by atoms with Gasteiger partial charge in [0.1, 0.15) is 0 Å². The third-order valence-electron chi connectivity index (χ3n) is 1.07. The predicted molar refractivity (Wildman–Crippen MR) is 36.7 cm³/mol. The first-order chi connectivity index (χ1) is 5.34. The zero-order valence-electron chi connectivity index (χ0n) is 5.52. The smallest absolute Gasteiger partial charge is 0.266 e. The lowest BCUT2D eigenvalue weighted by molar-refractivity contribution is 0.100. The molecule has 11 heavy (non-hydrogen) atoms. The largest absolute Gasteiger partial charge is 0.287 e. The number of amides is 1. The second kappa shape index (κ2) is 3.39. The van der Waals surface area contributed by atoms with E-state index in [2.05, 4.69) is 9.98 Å². The second-order valence-electron chi connectivity index (χ2n) is 1.74. The van der Waals surface area contributed by atoms with Crippen LogP contribution < -0.4 is 0 Å². The van der Waals surface area contributed by atoms with Crippen LogP contribution in [0.15, 0.2) is 29.5 Å². The molecule has 1 heterocycles. The summed E-state index contributed by atoms with van der Waals surface area (Å²) in [6, 6.07) is 2.95. The maximum absolute atomic E-state index is 10.8. The highest BCUT2D eigenvalue weighted by molar-refractivity contribution is 5.97. The van der Waals surface area contributed by atoms with Gasteiger partial charge in [-0.15, -0.1) is 4.99 Å². The summed E-state index contributed by atoms with van der Waals surface area (Å²) in [4.78, 5) is 27.1. The summed E-state index contributed by atoms with van der Waals surface area (Å²) in [6.45, 7) is 0. The van der Waals surface area contributed by atoms with Gasteiger partial charge in [-0.3, -0.25) is 9.78 Å². The molecule has 0 saturated heterocycles. The van der Waals surface area contributed by atoms with Crippen LogP contribution in [0.1, 0.15) is 10.4 Å². The molecule has 0 unspecified atom stereocenters. The lowest BCUT2D eigenvalue weighted by atomic mass is 10.3. The first-order valence-electron chi connectivity index (χ1n) is 2.87. The van der Waals surface area contributed by atoms with Gasteiger partial charge in [0.25, 0.3) is 5.91 Å². The Hall–Kier alpha value is -1.80. The van der Waals surface area contributed by atoms with E-state index in [1.54, 1.807) is 0 Å². The molecular formula is C7H4N2O2. The van der Waals surface area contributed by atoms with Gasteiger partial charge in [0.05, 0.1) is 0 Å². The molecule has 1 aromatic heterocycles. The number of aromatic nitrogens is 1. The second-order valence-corrected chi connectivity index (χ2v) is 1.74. The molecule has 0 spiro atoms. The Kier molecular flexibility index (Phi) is 2.25. The van der Waals surface area contributed by atoms with Crippen molar-refractivity contribution in [1.82, 2.24) is 4.98 Å². The van der Waals surface area contributed by atoms with Crippen LogP contribution in [0.4, 0.5) is 0 Å². The van der Waals surface area contributed by atoms with Crippen molar-refractivity contribution >= 4 is 12.0 Å². The highest BCUT2D eigenvalue weighted by Crippen LogP contribution is 1.97. The van der Waals surface area contributed by atoms with Gasteiger partial charge in [0.15, 0.2) is 0 Å². The van der Waals surface area contributed by atoms with E-state index in [0.29, 0.717) is 5.56 Å². The molecule has 0 fully saturated rings. The number of carbonyl (C=O) groups excluding carboxylic acids is 2. The van der Waals surface area contributed by atoms with Crippen LogP contribution in [0.25, 0.3) is 0 Å². The van der Waals surface area contributed by atoms with E-state index in [9.17, 15) is 9.59 Å². The van der Waals surface area contributed by atoms with Crippen LogP contribution in [-0.4, -0.2) is 17.0 Å². The van der Waals surface area contributed by atoms with Crippen LogP contribution in [0.5, 0.6) is 0 Å². The first kappa shape index (κ1) is 7.31. The van der Waals surface area contributed by atoms with Crippen molar-refractivity contribution in [2.45, 2.75) is 0 Å².